The molecule has 0 saturated carbocycles. The second kappa shape index (κ2) is 10.6. The van der Waals surface area contributed by atoms with Crippen molar-refractivity contribution >= 4 is 41.4 Å². The average molecular weight is 548 g/mol. The Morgan fingerprint density at radius 1 is 1.09 bits per heavy atom. The van der Waals surface area contributed by atoms with Crippen LogP contribution in [0.4, 0.5) is 11.6 Å². The molecule has 0 radical (unpaired) electrons. The minimum atomic E-state index is -3.30. The molecule has 1 unspecified atom stereocenters. The van der Waals surface area contributed by atoms with Gasteiger partial charge in [-0.2, -0.15) is 9.97 Å². The van der Waals surface area contributed by atoms with Gasteiger partial charge in [0.15, 0.2) is 0 Å². The predicted octanol–water partition coefficient (Wildman–Crippen LogP) is -1.23. The number of nitrogen functional groups attached to an aromatic ring is 2. The van der Waals surface area contributed by atoms with Crippen LogP contribution in [0.3, 0.4) is 0 Å². The van der Waals surface area contributed by atoms with Crippen molar-refractivity contribution in [3.63, 3.8) is 0 Å². The molecule has 7 atom stereocenters. The molecule has 2 saturated heterocycles. The first-order chi connectivity index (χ1) is 16.6. The van der Waals surface area contributed by atoms with Crippen LogP contribution in [-0.4, -0.2) is 66.9 Å². The van der Waals surface area contributed by atoms with Crippen LogP contribution in [-0.2, 0) is 42.6 Å². The molecule has 2 aromatic heterocycles. The quantitative estimate of drug-likeness (QED) is 0.226. The van der Waals surface area contributed by atoms with E-state index in [0.717, 1.165) is 0 Å². The molecule has 192 valence electrons. The predicted molar refractivity (Wildman–Crippen MR) is 128 cm³/mol. The summed E-state index contributed by atoms with van der Waals surface area (Å²) in [6.07, 6.45) is -1.72. The Morgan fingerprint density at radius 3 is 2.17 bits per heavy atom. The van der Waals surface area contributed by atoms with E-state index < -0.39 is 60.6 Å². The van der Waals surface area contributed by atoms with Crippen molar-refractivity contribution in [1.29, 1.82) is 0 Å². The van der Waals surface area contributed by atoms with E-state index in [-0.39, 0.29) is 31.1 Å². The maximum atomic E-state index is 12.1. The lowest BCUT2D eigenvalue weighted by atomic mass is 10.2. The maximum absolute atomic E-state index is 12.1. The zero-order chi connectivity index (χ0) is 25.3. The minimum absolute atomic E-state index is 0.0707. The molecular formula is C18H24N6O8PS2-. The van der Waals surface area contributed by atoms with Crippen molar-refractivity contribution in [2.75, 3.05) is 24.7 Å². The van der Waals surface area contributed by atoms with Gasteiger partial charge in [-0.05, 0) is 12.1 Å². The Bertz CT molecular complexity index is 1230. The first-order valence-electron chi connectivity index (χ1n) is 10.5. The van der Waals surface area contributed by atoms with E-state index in [1.54, 1.807) is 0 Å². The summed E-state index contributed by atoms with van der Waals surface area (Å²) < 4.78 is 25.3. The maximum Gasteiger partial charge on any atom is 0.351 e. The standard InChI is InChI=1S/C18H25N6O8PS2/c19-13-1-3-23(17(27)21-13)15-5-9(26)12(31-15)8-29-33(34,35)32-10-6-16(30-11(10)7-25)24-4-2-14(20)22-18(24)28/h1-4,9-12,15-16,25-26H,5-8H2,(H,34,35)(H2,19,21,27)(H2,20,22,28)/p-1/t9-,10-,11+,12+,15+,16+/m0/s1. The Labute approximate surface area is 209 Å². The van der Waals surface area contributed by atoms with Gasteiger partial charge in [-0.3, -0.25) is 9.13 Å². The molecule has 0 amide bonds. The van der Waals surface area contributed by atoms with Crippen LogP contribution in [0.25, 0.3) is 0 Å². The van der Waals surface area contributed by atoms with E-state index in [0.29, 0.717) is 0 Å². The number of aliphatic hydroxyl groups excluding tert-OH is 2. The van der Waals surface area contributed by atoms with E-state index in [1.807, 2.05) is 0 Å². The third kappa shape index (κ3) is 6.10. The van der Waals surface area contributed by atoms with E-state index in [9.17, 15) is 19.8 Å². The van der Waals surface area contributed by atoms with Crippen LogP contribution in [0.5, 0.6) is 0 Å². The fourth-order valence-corrected chi connectivity index (χ4v) is 5.81. The molecule has 4 heterocycles. The highest BCUT2D eigenvalue weighted by Gasteiger charge is 2.39. The number of aliphatic hydroxyl groups is 2. The van der Waals surface area contributed by atoms with Crippen LogP contribution in [0, 0.1) is 0 Å². The minimum Gasteiger partial charge on any atom is -0.691 e. The monoisotopic (exact) mass is 547 g/mol. The third-order valence-electron chi connectivity index (χ3n) is 5.55. The normalized spacial score (nSPS) is 30.4. The smallest absolute Gasteiger partial charge is 0.351 e. The van der Waals surface area contributed by atoms with Gasteiger partial charge in [-0.1, -0.05) is 11.8 Å². The average Bonchev–Trinajstić information content (AvgIpc) is 3.34. The number of nitrogens with zero attached hydrogens (tertiary/aromatic N) is 4. The largest absolute Gasteiger partial charge is 0.691 e. The van der Waals surface area contributed by atoms with Crippen molar-refractivity contribution in [1.82, 2.24) is 19.1 Å². The lowest BCUT2D eigenvalue weighted by Gasteiger charge is -2.33. The summed E-state index contributed by atoms with van der Waals surface area (Å²) in [6, 6.07) is 2.89. The molecule has 6 N–H and O–H groups in total. The number of hydrogen-bond acceptors (Lipinski definition) is 14. The summed E-state index contributed by atoms with van der Waals surface area (Å²) in [5.74, 6) is 0.145. The van der Waals surface area contributed by atoms with Gasteiger partial charge in [0, 0.05) is 25.2 Å². The number of ether oxygens (including phenoxy) is 2. The number of hydrogen-bond donors (Lipinski definition) is 4. The van der Waals surface area contributed by atoms with E-state index in [1.165, 1.54) is 33.7 Å². The fourth-order valence-electron chi connectivity index (χ4n) is 3.83. The van der Waals surface area contributed by atoms with Crippen LogP contribution in [0.15, 0.2) is 34.1 Å². The van der Waals surface area contributed by atoms with E-state index in [4.69, 9.17) is 54.0 Å². The van der Waals surface area contributed by atoms with Crippen LogP contribution >= 0.6 is 5.69 Å². The van der Waals surface area contributed by atoms with Crippen molar-refractivity contribution < 1.29 is 28.7 Å². The number of aromatic nitrogens is 4. The number of anilines is 2. The summed E-state index contributed by atoms with van der Waals surface area (Å²) in [7, 11) is 0. The van der Waals surface area contributed by atoms with Gasteiger partial charge in [0.25, 0.3) is 0 Å². The fraction of sp³-hybridized carbons (Fsp3) is 0.556. The van der Waals surface area contributed by atoms with E-state index in [2.05, 4.69) is 9.97 Å². The Kier molecular flexibility index (Phi) is 7.95. The Hall–Kier alpha value is -1.88. The van der Waals surface area contributed by atoms with Gasteiger partial charge in [0.2, 0.25) is 0 Å². The van der Waals surface area contributed by atoms with Gasteiger partial charge in [0.1, 0.15) is 36.3 Å². The topological polar surface area (TPSA) is 199 Å². The van der Waals surface area contributed by atoms with Crippen LogP contribution in [0.2, 0.25) is 0 Å². The van der Waals surface area contributed by atoms with Crippen molar-refractivity contribution in [2.24, 2.45) is 0 Å². The van der Waals surface area contributed by atoms with Crippen molar-refractivity contribution in [3.05, 3.63) is 45.5 Å². The summed E-state index contributed by atoms with van der Waals surface area (Å²) in [5, 5.41) is 20.1. The first kappa shape index (κ1) is 26.2. The molecule has 2 fully saturated rings. The Balaban J connectivity index is 1.36. The van der Waals surface area contributed by atoms with Gasteiger partial charge >= 0.3 is 11.4 Å². The molecule has 2 aliphatic heterocycles. The summed E-state index contributed by atoms with van der Waals surface area (Å²) in [5.41, 5.74) is 6.49. The third-order valence-corrected chi connectivity index (χ3v) is 7.69. The van der Waals surface area contributed by atoms with Crippen molar-refractivity contribution in [3.8, 4) is 0 Å². The molecule has 35 heavy (non-hydrogen) atoms. The van der Waals surface area contributed by atoms with E-state index >= 15 is 0 Å². The zero-order valence-corrected chi connectivity index (χ0v) is 20.7. The highest BCUT2D eigenvalue weighted by molar-refractivity contribution is 8.51. The molecule has 2 aliphatic rings. The molecule has 17 heteroatoms. The molecule has 4 rings (SSSR count). The second-order valence-corrected chi connectivity index (χ2v) is 12.9. The molecule has 14 nitrogen and oxygen atoms in total. The lowest BCUT2D eigenvalue weighted by molar-refractivity contribution is -0.0484. The zero-order valence-electron chi connectivity index (χ0n) is 18.2. The molecule has 0 bridgehead atoms. The number of nitrogens with two attached hydrogens (primary N) is 2. The van der Waals surface area contributed by atoms with Gasteiger partial charge in [-0.15, -0.1) is 0 Å². The molecular weight excluding hydrogens is 523 g/mol. The van der Waals surface area contributed by atoms with Gasteiger partial charge in [0.05, 0.1) is 31.1 Å². The molecule has 0 aliphatic carbocycles. The first-order valence-corrected chi connectivity index (χ1v) is 14.1. The molecule has 2 aromatic rings. The molecule has 0 spiro atoms. The second-order valence-electron chi connectivity index (χ2n) is 7.95. The summed E-state index contributed by atoms with van der Waals surface area (Å²) >= 11 is 10.7. The van der Waals surface area contributed by atoms with Gasteiger partial charge < -0.3 is 52.5 Å². The van der Waals surface area contributed by atoms with Crippen molar-refractivity contribution in [2.45, 2.75) is 49.7 Å². The highest BCUT2D eigenvalue weighted by Crippen LogP contribution is 2.51. The number of rotatable bonds is 8. The lowest BCUT2D eigenvalue weighted by Crippen LogP contribution is -2.29. The van der Waals surface area contributed by atoms with Crippen LogP contribution in [0.1, 0.15) is 25.3 Å². The Morgan fingerprint density at radius 2 is 1.63 bits per heavy atom. The summed E-state index contributed by atoms with van der Waals surface area (Å²) in [6.45, 7) is -0.586. The summed E-state index contributed by atoms with van der Waals surface area (Å²) in [4.78, 5) is 31.5. The van der Waals surface area contributed by atoms with Gasteiger partial charge in [-0.25, -0.2) is 9.59 Å². The highest BCUT2D eigenvalue weighted by atomic mass is 32.9. The SMILES string of the molecule is Nc1ccn([C@H]2C[C@H](OP(=S)([S-])OC[C@H]3O[C@@H](n4ccc(N)nc4=O)C[C@@H]3O)[C@@H](CO)O2)c(=O)n1. The van der Waals surface area contributed by atoms with Crippen LogP contribution < -0.4 is 22.8 Å². The molecule has 0 aromatic carbocycles.